The van der Waals surface area contributed by atoms with Gasteiger partial charge in [0.05, 0.1) is 17.3 Å². The summed E-state index contributed by atoms with van der Waals surface area (Å²) in [7, 11) is 1.85. The molecule has 6 nitrogen and oxygen atoms in total. The van der Waals surface area contributed by atoms with Crippen molar-refractivity contribution in [1.29, 1.82) is 0 Å². The van der Waals surface area contributed by atoms with E-state index >= 15 is 0 Å². The van der Waals surface area contributed by atoms with Gasteiger partial charge in [-0.2, -0.15) is 13.2 Å². The van der Waals surface area contributed by atoms with Crippen LogP contribution in [0.4, 0.5) is 13.2 Å². The van der Waals surface area contributed by atoms with Crippen LogP contribution in [-0.2, 0) is 12.7 Å². The van der Waals surface area contributed by atoms with Crippen LogP contribution >= 0.6 is 0 Å². The van der Waals surface area contributed by atoms with E-state index in [-0.39, 0.29) is 12.0 Å². The van der Waals surface area contributed by atoms with Gasteiger partial charge in [0.15, 0.2) is 0 Å². The minimum absolute atomic E-state index is 0.0818. The van der Waals surface area contributed by atoms with Gasteiger partial charge in [0.2, 0.25) is 0 Å². The molecule has 0 saturated carbocycles. The molecule has 0 bridgehead atoms. The first kappa shape index (κ1) is 20.8. The molecular formula is C21H25F3N6. The van der Waals surface area contributed by atoms with Crippen molar-refractivity contribution in [3.63, 3.8) is 0 Å². The molecule has 2 aromatic heterocycles. The number of hydrogen-bond acceptors (Lipinski definition) is 5. The first-order valence-electron chi connectivity index (χ1n) is 9.97. The van der Waals surface area contributed by atoms with Gasteiger partial charge in [-0.15, -0.1) is 0 Å². The van der Waals surface area contributed by atoms with Crippen LogP contribution in [0.5, 0.6) is 0 Å². The molecule has 9 heteroatoms. The number of benzene rings is 1. The molecule has 0 amide bonds. The number of piperidine rings is 1. The van der Waals surface area contributed by atoms with Gasteiger partial charge >= 0.3 is 6.18 Å². The van der Waals surface area contributed by atoms with Crippen LogP contribution in [0.1, 0.15) is 35.7 Å². The number of hydrazine groups is 1. The highest BCUT2D eigenvalue weighted by molar-refractivity contribution is 5.78. The van der Waals surface area contributed by atoms with Gasteiger partial charge in [0.1, 0.15) is 12.0 Å². The van der Waals surface area contributed by atoms with E-state index < -0.39 is 11.7 Å². The van der Waals surface area contributed by atoms with Crippen LogP contribution in [0.15, 0.2) is 42.9 Å². The predicted octanol–water partition coefficient (Wildman–Crippen LogP) is 3.74. The number of alkyl halides is 3. The number of aromatic amines is 1. The Morgan fingerprint density at radius 1 is 1.23 bits per heavy atom. The molecule has 0 spiro atoms. The summed E-state index contributed by atoms with van der Waals surface area (Å²) in [5.74, 6) is 6.50. The lowest BCUT2D eigenvalue weighted by Crippen LogP contribution is -2.44. The number of nitrogens with two attached hydrogens (primary N) is 1. The van der Waals surface area contributed by atoms with Crippen LogP contribution in [0.2, 0.25) is 0 Å². The van der Waals surface area contributed by atoms with Gasteiger partial charge < -0.3 is 4.98 Å². The Labute approximate surface area is 172 Å². The SMILES string of the molecule is CN(N)C(c1ncnc2[nH]ccc12)C1CCCN(Cc2ccc(C(F)(F)F)cc2)C1. The zero-order chi connectivity index (χ0) is 21.3. The Hall–Kier alpha value is -2.49. The average molecular weight is 418 g/mol. The van der Waals surface area contributed by atoms with Gasteiger partial charge in [-0.05, 0) is 49.1 Å². The number of fused-ring (bicyclic) bond motifs is 1. The molecule has 1 saturated heterocycles. The van der Waals surface area contributed by atoms with E-state index in [9.17, 15) is 13.2 Å². The highest BCUT2D eigenvalue weighted by atomic mass is 19.4. The van der Waals surface area contributed by atoms with E-state index in [2.05, 4.69) is 19.9 Å². The summed E-state index contributed by atoms with van der Waals surface area (Å²) in [5.41, 5.74) is 1.93. The van der Waals surface area contributed by atoms with Gasteiger partial charge in [0, 0.05) is 31.7 Å². The van der Waals surface area contributed by atoms with Crippen LogP contribution < -0.4 is 5.84 Å². The number of nitrogens with one attached hydrogen (secondary N) is 1. The van der Waals surface area contributed by atoms with Crippen molar-refractivity contribution in [2.24, 2.45) is 11.8 Å². The average Bonchev–Trinajstić information content (AvgIpc) is 3.18. The van der Waals surface area contributed by atoms with Gasteiger partial charge in [0.25, 0.3) is 0 Å². The number of aromatic nitrogens is 3. The van der Waals surface area contributed by atoms with E-state index in [1.54, 1.807) is 23.5 Å². The van der Waals surface area contributed by atoms with E-state index in [4.69, 9.17) is 5.84 Å². The third-order valence-corrected chi connectivity index (χ3v) is 5.78. The highest BCUT2D eigenvalue weighted by Crippen LogP contribution is 2.35. The normalized spacial score (nSPS) is 19.5. The maximum Gasteiger partial charge on any atom is 0.416 e. The summed E-state index contributed by atoms with van der Waals surface area (Å²) < 4.78 is 38.4. The molecule has 0 aliphatic carbocycles. The summed E-state index contributed by atoms with van der Waals surface area (Å²) in [4.78, 5) is 14.2. The van der Waals surface area contributed by atoms with Crippen molar-refractivity contribution in [3.05, 3.63) is 59.7 Å². The van der Waals surface area contributed by atoms with E-state index in [1.807, 2.05) is 19.3 Å². The molecular weight excluding hydrogens is 393 g/mol. The number of H-pyrrole nitrogens is 1. The van der Waals surface area contributed by atoms with Crippen LogP contribution in [0, 0.1) is 5.92 Å². The van der Waals surface area contributed by atoms with Crippen molar-refractivity contribution in [3.8, 4) is 0 Å². The maximum atomic E-state index is 12.8. The molecule has 160 valence electrons. The molecule has 3 aromatic rings. The van der Waals surface area contributed by atoms with Crippen LogP contribution in [0.3, 0.4) is 0 Å². The Morgan fingerprint density at radius 3 is 2.70 bits per heavy atom. The Kier molecular flexibility index (Phi) is 5.77. The predicted molar refractivity (Wildman–Crippen MR) is 108 cm³/mol. The van der Waals surface area contributed by atoms with E-state index in [0.717, 1.165) is 60.4 Å². The van der Waals surface area contributed by atoms with Crippen molar-refractivity contribution >= 4 is 11.0 Å². The molecule has 1 aromatic carbocycles. The number of likely N-dealkylation sites (tertiary alicyclic amines) is 1. The number of nitrogens with zero attached hydrogens (tertiary/aromatic N) is 4. The lowest BCUT2D eigenvalue weighted by Gasteiger charge is -2.39. The zero-order valence-electron chi connectivity index (χ0n) is 16.7. The molecule has 30 heavy (non-hydrogen) atoms. The molecule has 4 rings (SSSR count). The van der Waals surface area contributed by atoms with Crippen molar-refractivity contribution in [2.75, 3.05) is 20.1 Å². The molecule has 3 heterocycles. The molecule has 0 radical (unpaired) electrons. The third-order valence-electron chi connectivity index (χ3n) is 5.78. The first-order chi connectivity index (χ1) is 14.3. The van der Waals surface area contributed by atoms with E-state index in [1.165, 1.54) is 0 Å². The van der Waals surface area contributed by atoms with Crippen molar-refractivity contribution < 1.29 is 13.2 Å². The maximum absolute atomic E-state index is 12.8. The fourth-order valence-corrected chi connectivity index (χ4v) is 4.43. The fourth-order valence-electron chi connectivity index (χ4n) is 4.43. The minimum Gasteiger partial charge on any atom is -0.346 e. The van der Waals surface area contributed by atoms with Crippen molar-refractivity contribution in [1.82, 2.24) is 24.9 Å². The summed E-state index contributed by atoms with van der Waals surface area (Å²) >= 11 is 0. The quantitative estimate of drug-likeness (QED) is 0.488. The van der Waals surface area contributed by atoms with Gasteiger partial charge in [-0.25, -0.2) is 15.0 Å². The van der Waals surface area contributed by atoms with Crippen molar-refractivity contribution in [2.45, 2.75) is 31.6 Å². The van der Waals surface area contributed by atoms with Crippen LogP contribution in [0.25, 0.3) is 11.0 Å². The molecule has 1 aliphatic heterocycles. The Morgan fingerprint density at radius 2 is 2.00 bits per heavy atom. The number of hydrogen-bond donors (Lipinski definition) is 2. The summed E-state index contributed by atoms with van der Waals surface area (Å²) in [6.45, 7) is 2.31. The summed E-state index contributed by atoms with van der Waals surface area (Å²) in [6, 6.07) is 7.30. The second-order valence-corrected chi connectivity index (χ2v) is 7.94. The Bertz CT molecular complexity index is 982. The molecule has 2 atom stereocenters. The van der Waals surface area contributed by atoms with Gasteiger partial charge in [-0.3, -0.25) is 10.7 Å². The third kappa shape index (κ3) is 4.33. The highest BCUT2D eigenvalue weighted by Gasteiger charge is 2.33. The number of halogens is 3. The Balaban J connectivity index is 1.51. The lowest BCUT2D eigenvalue weighted by atomic mass is 9.87. The molecule has 1 aliphatic rings. The topological polar surface area (TPSA) is 74.1 Å². The minimum atomic E-state index is -4.31. The van der Waals surface area contributed by atoms with Gasteiger partial charge in [-0.1, -0.05) is 12.1 Å². The molecule has 1 fully saturated rings. The largest absolute Gasteiger partial charge is 0.416 e. The lowest BCUT2D eigenvalue weighted by molar-refractivity contribution is -0.137. The zero-order valence-corrected chi connectivity index (χ0v) is 16.7. The second-order valence-electron chi connectivity index (χ2n) is 7.94. The van der Waals surface area contributed by atoms with Crippen LogP contribution in [-0.4, -0.2) is 45.0 Å². The van der Waals surface area contributed by atoms with E-state index in [0.29, 0.717) is 6.54 Å². The molecule has 3 N–H and O–H groups in total. The summed E-state index contributed by atoms with van der Waals surface area (Å²) in [5, 5.41) is 2.67. The molecule has 2 unspecified atom stereocenters. The second kappa shape index (κ2) is 8.33. The standard InChI is InChI=1S/C21H25F3N6/c1-29(25)19(18-17-8-9-26-20(17)28-13-27-18)15-3-2-10-30(12-15)11-14-4-6-16(7-5-14)21(22,23)24/h4-9,13,15,19H,2-3,10-12,25H2,1H3,(H,26,27,28). The monoisotopic (exact) mass is 418 g/mol. The smallest absolute Gasteiger partial charge is 0.346 e. The fraction of sp³-hybridized carbons (Fsp3) is 0.429. The first-order valence-corrected chi connectivity index (χ1v) is 9.97. The number of rotatable bonds is 5. The summed E-state index contributed by atoms with van der Waals surface area (Å²) in [6.07, 6.45) is 1.08.